The molecule has 0 aromatic carbocycles. The van der Waals surface area contributed by atoms with Gasteiger partial charge in [-0.25, -0.2) is 14.7 Å². The summed E-state index contributed by atoms with van der Waals surface area (Å²) in [5.74, 6) is -4.30. The van der Waals surface area contributed by atoms with Crippen molar-refractivity contribution in [2.45, 2.75) is 142 Å². The van der Waals surface area contributed by atoms with Crippen molar-refractivity contribution in [1.29, 1.82) is 5.41 Å². The van der Waals surface area contributed by atoms with Crippen molar-refractivity contribution >= 4 is 29.1 Å². The molecule has 0 aliphatic carbocycles. The molecule has 2 bridgehead atoms. The van der Waals surface area contributed by atoms with Gasteiger partial charge in [-0.3, -0.25) is 14.4 Å². The number of cyclic esters (lactones) is 1. The number of Topliss-reactive ketones (excluding diaryl/α,β-unsaturated/α-hetero) is 1. The van der Waals surface area contributed by atoms with Crippen LogP contribution in [0.15, 0.2) is 41.8 Å². The van der Waals surface area contributed by atoms with Gasteiger partial charge >= 0.3 is 5.97 Å². The van der Waals surface area contributed by atoms with Crippen molar-refractivity contribution in [3.05, 3.63) is 42.4 Å². The summed E-state index contributed by atoms with van der Waals surface area (Å²) in [6.07, 6.45) is 0.581. The molecule has 0 spiro atoms. The first-order valence-corrected chi connectivity index (χ1v) is 21.1. The Bertz CT molecular complexity index is 1800. The van der Waals surface area contributed by atoms with E-state index in [4.69, 9.17) is 33.8 Å². The lowest BCUT2D eigenvalue weighted by Gasteiger charge is -2.47. The third-order valence-electron chi connectivity index (χ3n) is 12.0. The van der Waals surface area contributed by atoms with Crippen molar-refractivity contribution in [2.75, 3.05) is 34.4 Å². The number of carbonyl (C=O) groups is 3. The normalized spacial score (nSPS) is 36.3. The van der Waals surface area contributed by atoms with E-state index in [0.29, 0.717) is 18.7 Å². The predicted octanol–water partition coefficient (Wildman–Crippen LogP) is 3.98. The molecule has 1 amide bonds. The van der Waals surface area contributed by atoms with Crippen LogP contribution in [0.25, 0.3) is 5.82 Å². The highest BCUT2D eigenvalue weighted by Crippen LogP contribution is 2.40. The van der Waals surface area contributed by atoms with Crippen LogP contribution in [0.5, 0.6) is 0 Å². The number of aliphatic imine (C=N–C) groups is 1. The predicted molar refractivity (Wildman–Crippen MR) is 226 cm³/mol. The Hall–Kier alpha value is -3.81. The third kappa shape index (κ3) is 12.2. The molecule has 0 radical (unpaired) electrons. The molecule has 17 nitrogen and oxygen atoms in total. The molecule has 340 valence electrons. The van der Waals surface area contributed by atoms with Gasteiger partial charge in [0.25, 0.3) is 0 Å². The summed E-state index contributed by atoms with van der Waals surface area (Å²) in [7, 11) is 5.39. The molecular weight excluding hydrogens is 789 g/mol. The van der Waals surface area contributed by atoms with E-state index in [0.717, 1.165) is 11.4 Å². The number of methoxy groups -OCH3 is 1. The van der Waals surface area contributed by atoms with E-state index in [9.17, 15) is 24.6 Å². The maximum Gasteiger partial charge on any atom is 0.316 e. The molecule has 13 atom stereocenters. The molecule has 5 rings (SSSR count). The van der Waals surface area contributed by atoms with Gasteiger partial charge in [0.2, 0.25) is 5.91 Å². The number of aliphatic hydroxyl groups excluding tert-OH is 1. The number of hydrogen-bond acceptors (Lipinski definition) is 15. The van der Waals surface area contributed by atoms with E-state index in [1.807, 2.05) is 57.2 Å². The second-order valence-corrected chi connectivity index (χ2v) is 17.4. The standard InChI is InChI=1S/C34H57N3O10.C10H11N3O/c1-12-25-34(9,42)30-19(4)26(36-22(7)38)17(2)14-33(8,44-16-23(35)15-43-30)29(20(5)27(39)21(6)31(41)46-25)47-32-28(40)24(37(10)11)13-18(3)45-32;1-14-8-9-3-4-10(11-7-9)13-6-2-5-12-13/h17-21,24-25,28-30,32,35,40,42H,12-16H2,1-11H3;2-7H,8H2,1H3/t17-,18-,19+,20+,21-,24+,25-,28-,29-,30-,32+,33-,34-;/m1./s1. The lowest BCUT2D eigenvalue weighted by molar-refractivity contribution is -0.296. The fourth-order valence-corrected chi connectivity index (χ4v) is 8.77. The number of hydrogen-bond donors (Lipinski definition) is 3. The third-order valence-corrected chi connectivity index (χ3v) is 12.0. The molecule has 2 aromatic heterocycles. The lowest BCUT2D eigenvalue weighted by atomic mass is 9.73. The molecule has 2 aromatic rings. The maximum atomic E-state index is 14.2. The van der Waals surface area contributed by atoms with Gasteiger partial charge in [0.05, 0.1) is 49.4 Å². The van der Waals surface area contributed by atoms with Crippen molar-refractivity contribution in [1.82, 2.24) is 19.7 Å². The van der Waals surface area contributed by atoms with Gasteiger partial charge in [0.15, 0.2) is 17.9 Å². The van der Waals surface area contributed by atoms with Crippen LogP contribution in [0.3, 0.4) is 0 Å². The second-order valence-electron chi connectivity index (χ2n) is 17.4. The molecule has 61 heavy (non-hydrogen) atoms. The summed E-state index contributed by atoms with van der Waals surface area (Å²) in [6, 6.07) is 5.47. The van der Waals surface area contributed by atoms with Crippen molar-refractivity contribution in [3.63, 3.8) is 0 Å². The van der Waals surface area contributed by atoms with Crippen molar-refractivity contribution < 1.29 is 53.0 Å². The van der Waals surface area contributed by atoms with Gasteiger partial charge in [0, 0.05) is 56.2 Å². The Morgan fingerprint density at radius 1 is 1.11 bits per heavy atom. The molecular formula is C44H68N6O11. The van der Waals surface area contributed by atoms with Crippen LogP contribution in [0.4, 0.5) is 0 Å². The van der Waals surface area contributed by atoms with E-state index in [2.05, 4.69) is 15.1 Å². The average Bonchev–Trinajstić information content (AvgIpc) is 3.75. The summed E-state index contributed by atoms with van der Waals surface area (Å²) in [4.78, 5) is 50.8. The van der Waals surface area contributed by atoms with E-state index < -0.39 is 83.2 Å². The lowest BCUT2D eigenvalue weighted by Crippen LogP contribution is -2.60. The molecule has 5 heterocycles. The number of pyridine rings is 1. The number of esters is 1. The first-order valence-electron chi connectivity index (χ1n) is 21.1. The molecule has 3 N–H and O–H groups in total. The first kappa shape index (κ1) is 49.8. The topological polar surface area (TPSA) is 217 Å². The largest absolute Gasteiger partial charge is 0.459 e. The zero-order chi connectivity index (χ0) is 45.4. The number of ether oxygens (including phenoxy) is 6. The zero-order valence-corrected chi connectivity index (χ0v) is 37.9. The Morgan fingerprint density at radius 3 is 2.39 bits per heavy atom. The number of amides is 1. The van der Waals surface area contributed by atoms with Gasteiger partial charge < -0.3 is 48.9 Å². The van der Waals surface area contributed by atoms with Crippen molar-refractivity contribution in [2.24, 2.45) is 28.7 Å². The van der Waals surface area contributed by atoms with E-state index >= 15 is 0 Å². The molecule has 3 saturated heterocycles. The monoisotopic (exact) mass is 856 g/mol. The van der Waals surface area contributed by atoms with Crippen LogP contribution < -0.4 is 0 Å². The van der Waals surface area contributed by atoms with Gasteiger partial charge in [-0.05, 0) is 84.7 Å². The first-order chi connectivity index (χ1) is 28.6. The minimum atomic E-state index is -1.79. The quantitative estimate of drug-likeness (QED) is 0.265. The minimum absolute atomic E-state index is 0.0603. The van der Waals surface area contributed by atoms with Crippen LogP contribution in [0.1, 0.15) is 87.1 Å². The fraction of sp³-hybridized carbons (Fsp3) is 0.705. The molecule has 3 aliphatic heterocycles. The van der Waals surface area contributed by atoms with E-state index in [1.165, 1.54) is 20.8 Å². The summed E-state index contributed by atoms with van der Waals surface area (Å²) in [5, 5.41) is 36.2. The minimum Gasteiger partial charge on any atom is -0.459 e. The molecule has 0 unspecified atom stereocenters. The SMILES string of the molecule is CC[C@H]1OC(=O)[C@H](C)C(=O)[C@H](C)[C@@H](O[C@@H]2O[C@H](C)C[C@H](N(C)C)[C@H]2O)[C@@]2(C)C[C@@H](C)C(=NC(C)=O)[C@H](C)[C@@H](OCC(=N)CO2)[C@]1(C)O.COCc1ccc(-n2cccn2)nc1. The van der Waals surface area contributed by atoms with Gasteiger partial charge in [-0.2, -0.15) is 5.10 Å². The van der Waals surface area contributed by atoms with Crippen LogP contribution >= 0.6 is 0 Å². The number of nitrogens with one attached hydrogen (secondary N) is 1. The number of rotatable bonds is 7. The van der Waals surface area contributed by atoms with Gasteiger partial charge in [-0.15, -0.1) is 0 Å². The van der Waals surface area contributed by atoms with Gasteiger partial charge in [-0.1, -0.05) is 33.8 Å². The maximum absolute atomic E-state index is 14.2. The summed E-state index contributed by atoms with van der Waals surface area (Å²) >= 11 is 0. The summed E-state index contributed by atoms with van der Waals surface area (Å²) < 4.78 is 38.1. The highest BCUT2D eigenvalue weighted by molar-refractivity contribution is 6.00. The Balaban J connectivity index is 0.000000489. The smallest absolute Gasteiger partial charge is 0.316 e. The molecule has 17 heteroatoms. The Labute approximate surface area is 360 Å². The van der Waals surface area contributed by atoms with Crippen LogP contribution in [0.2, 0.25) is 0 Å². The van der Waals surface area contributed by atoms with Crippen LogP contribution in [0, 0.1) is 29.1 Å². The summed E-state index contributed by atoms with van der Waals surface area (Å²) in [5.41, 5.74) is -1.59. The number of fused-ring (bicyclic) bond motifs is 5. The number of aliphatic hydroxyl groups is 2. The number of ketones is 1. The van der Waals surface area contributed by atoms with Gasteiger partial charge in [0.1, 0.15) is 23.7 Å². The number of carbonyl (C=O) groups excluding carboxylic acids is 3. The Kier molecular flexibility index (Phi) is 17.6. The highest BCUT2D eigenvalue weighted by Gasteiger charge is 2.53. The van der Waals surface area contributed by atoms with E-state index in [1.54, 1.807) is 51.9 Å². The Morgan fingerprint density at radius 2 is 1.82 bits per heavy atom. The summed E-state index contributed by atoms with van der Waals surface area (Å²) in [6.45, 7) is 15.2. The van der Waals surface area contributed by atoms with E-state index in [-0.39, 0.29) is 43.9 Å². The highest BCUT2D eigenvalue weighted by atomic mass is 16.7. The second kappa shape index (κ2) is 21.5. The average molecular weight is 857 g/mol. The van der Waals surface area contributed by atoms with Crippen LogP contribution in [-0.2, 0) is 49.4 Å². The van der Waals surface area contributed by atoms with Crippen LogP contribution in [-0.4, -0.2) is 147 Å². The fourth-order valence-electron chi connectivity index (χ4n) is 8.77. The molecule has 0 saturated carbocycles. The molecule has 3 fully saturated rings. The number of nitrogens with zero attached hydrogens (tertiary/aromatic N) is 5. The van der Waals surface area contributed by atoms with Crippen molar-refractivity contribution in [3.8, 4) is 5.82 Å². The number of aromatic nitrogens is 3. The molecule has 3 aliphatic rings. The zero-order valence-electron chi connectivity index (χ0n) is 37.9. The number of likely N-dealkylation sites (N-methyl/N-ethyl adjacent to an activating group) is 1.